The standard InChI is InChI=1S/C25H23N7O4S.H2/c1-35-22-10-19-21(11-23(22)36-2)31-25(30-17-6-5-16-13-27-14-29-20(16)9-17)32-24(19)28-12-15-3-7-18(8-4-15)37(26,33)34;/h3-11,13-14H,12H2,1-2H3,(H2,26,33,34)(H2,28,30,31,32);1H. The molecule has 0 aliphatic heterocycles. The van der Waals surface area contributed by atoms with E-state index in [0.717, 1.165) is 27.5 Å². The van der Waals surface area contributed by atoms with Crippen molar-refractivity contribution in [2.75, 3.05) is 24.9 Å². The predicted molar refractivity (Wildman–Crippen MR) is 143 cm³/mol. The number of nitrogens with zero attached hydrogens (tertiary/aromatic N) is 4. The highest BCUT2D eigenvalue weighted by Crippen LogP contribution is 2.35. The summed E-state index contributed by atoms with van der Waals surface area (Å²) in [6.45, 7) is 0.373. The predicted octanol–water partition coefficient (Wildman–Crippen LogP) is 3.84. The topological polar surface area (TPSA) is 154 Å². The Bertz CT molecular complexity index is 1720. The molecular weight excluding hydrogens is 494 g/mol. The molecule has 0 amide bonds. The smallest absolute Gasteiger partial charge is 0.238 e. The molecule has 3 aromatic carbocycles. The number of hydrogen-bond acceptors (Lipinski definition) is 10. The number of nitrogens with one attached hydrogen (secondary N) is 2. The van der Waals surface area contributed by atoms with Gasteiger partial charge in [-0.2, -0.15) is 4.98 Å². The molecular formula is C25H25N7O4S. The van der Waals surface area contributed by atoms with E-state index in [0.29, 0.717) is 35.3 Å². The fourth-order valence-corrected chi connectivity index (χ4v) is 4.33. The summed E-state index contributed by atoms with van der Waals surface area (Å²) in [7, 11) is -0.642. The maximum absolute atomic E-state index is 11.6. The third-order valence-electron chi connectivity index (χ3n) is 5.68. The minimum atomic E-state index is -3.76. The Morgan fingerprint density at radius 2 is 1.70 bits per heavy atom. The minimum Gasteiger partial charge on any atom is -0.493 e. The third-order valence-corrected chi connectivity index (χ3v) is 6.61. The van der Waals surface area contributed by atoms with E-state index in [2.05, 4.69) is 25.6 Å². The van der Waals surface area contributed by atoms with Gasteiger partial charge in [-0.15, -0.1) is 0 Å². The lowest BCUT2D eigenvalue weighted by atomic mass is 10.2. The second-order valence-electron chi connectivity index (χ2n) is 8.08. The number of rotatable bonds is 8. The first-order valence-corrected chi connectivity index (χ1v) is 12.6. The number of primary sulfonamides is 1. The summed E-state index contributed by atoms with van der Waals surface area (Å²) in [5.41, 5.74) is 3.01. The van der Waals surface area contributed by atoms with Gasteiger partial charge in [-0.1, -0.05) is 12.1 Å². The van der Waals surface area contributed by atoms with Crippen molar-refractivity contribution in [1.29, 1.82) is 0 Å². The van der Waals surface area contributed by atoms with Crippen LogP contribution in [-0.4, -0.2) is 42.6 Å². The fraction of sp³-hybridized carbons (Fsp3) is 0.120. The number of anilines is 3. The van der Waals surface area contributed by atoms with Crippen molar-refractivity contribution < 1.29 is 19.3 Å². The average Bonchev–Trinajstić information content (AvgIpc) is 2.90. The number of fused-ring (bicyclic) bond motifs is 2. The van der Waals surface area contributed by atoms with Gasteiger partial charge in [-0.3, -0.25) is 0 Å². The van der Waals surface area contributed by atoms with Gasteiger partial charge in [-0.25, -0.2) is 28.5 Å². The molecule has 0 saturated carbocycles. The van der Waals surface area contributed by atoms with E-state index in [9.17, 15) is 8.42 Å². The van der Waals surface area contributed by atoms with Crippen molar-refractivity contribution in [2.45, 2.75) is 11.4 Å². The molecule has 0 fully saturated rings. The monoisotopic (exact) mass is 519 g/mol. The number of sulfonamides is 1. The van der Waals surface area contributed by atoms with Crippen molar-refractivity contribution in [2.24, 2.45) is 5.14 Å². The van der Waals surface area contributed by atoms with E-state index >= 15 is 0 Å². The van der Waals surface area contributed by atoms with Crippen LogP contribution in [0.5, 0.6) is 11.5 Å². The molecule has 190 valence electrons. The Morgan fingerprint density at radius 3 is 2.43 bits per heavy atom. The van der Waals surface area contributed by atoms with Crippen LogP contribution in [0.25, 0.3) is 21.8 Å². The van der Waals surface area contributed by atoms with Crippen LogP contribution in [-0.2, 0) is 16.6 Å². The van der Waals surface area contributed by atoms with Gasteiger partial charge in [-0.05, 0) is 42.0 Å². The van der Waals surface area contributed by atoms with Gasteiger partial charge >= 0.3 is 0 Å². The van der Waals surface area contributed by atoms with E-state index in [1.165, 1.54) is 18.5 Å². The van der Waals surface area contributed by atoms with Crippen LogP contribution < -0.4 is 25.2 Å². The molecule has 0 bridgehead atoms. The average molecular weight is 520 g/mol. The number of methoxy groups -OCH3 is 2. The van der Waals surface area contributed by atoms with Crippen LogP contribution in [0.3, 0.4) is 0 Å². The van der Waals surface area contributed by atoms with E-state index in [1.807, 2.05) is 18.2 Å². The molecule has 4 N–H and O–H groups in total. The highest BCUT2D eigenvalue weighted by molar-refractivity contribution is 7.89. The maximum Gasteiger partial charge on any atom is 0.238 e. The van der Waals surface area contributed by atoms with Crippen LogP contribution in [0.4, 0.5) is 17.5 Å². The van der Waals surface area contributed by atoms with Gasteiger partial charge < -0.3 is 20.1 Å². The number of ether oxygens (including phenoxy) is 2. The zero-order valence-corrected chi connectivity index (χ0v) is 20.8. The molecule has 37 heavy (non-hydrogen) atoms. The molecule has 0 spiro atoms. The normalized spacial score (nSPS) is 11.4. The first-order valence-electron chi connectivity index (χ1n) is 11.1. The van der Waals surface area contributed by atoms with Gasteiger partial charge in [0.25, 0.3) is 0 Å². The molecule has 2 heterocycles. The van der Waals surface area contributed by atoms with Crippen molar-refractivity contribution in [3.05, 3.63) is 72.7 Å². The Kier molecular flexibility index (Phi) is 6.42. The zero-order valence-electron chi connectivity index (χ0n) is 20.0. The van der Waals surface area contributed by atoms with Crippen molar-refractivity contribution in [3.63, 3.8) is 0 Å². The molecule has 0 radical (unpaired) electrons. The van der Waals surface area contributed by atoms with Gasteiger partial charge in [0.1, 0.15) is 12.1 Å². The molecule has 11 nitrogen and oxygen atoms in total. The van der Waals surface area contributed by atoms with Crippen LogP contribution in [0.1, 0.15) is 6.99 Å². The quantitative estimate of drug-likeness (QED) is 0.275. The van der Waals surface area contributed by atoms with Gasteiger partial charge in [0.15, 0.2) is 11.5 Å². The highest BCUT2D eigenvalue weighted by Gasteiger charge is 2.14. The number of hydrogen-bond donors (Lipinski definition) is 3. The maximum atomic E-state index is 11.6. The molecule has 0 unspecified atom stereocenters. The first kappa shape index (κ1) is 24.2. The molecule has 5 aromatic rings. The molecule has 0 saturated heterocycles. The van der Waals surface area contributed by atoms with Crippen LogP contribution >= 0.6 is 0 Å². The lowest BCUT2D eigenvalue weighted by molar-refractivity contribution is 0.356. The molecule has 0 atom stereocenters. The molecule has 0 aliphatic carbocycles. The molecule has 5 rings (SSSR count). The lowest BCUT2D eigenvalue weighted by Gasteiger charge is -2.15. The summed E-state index contributed by atoms with van der Waals surface area (Å²) >= 11 is 0. The first-order chi connectivity index (χ1) is 17.8. The SMILES string of the molecule is COc1cc2nc(Nc3ccc4cncnc4c3)nc(NCc3ccc(S(N)(=O)=O)cc3)c2cc1OC.[HH]. The second-order valence-corrected chi connectivity index (χ2v) is 9.65. The van der Waals surface area contributed by atoms with E-state index in [-0.39, 0.29) is 6.32 Å². The summed E-state index contributed by atoms with van der Waals surface area (Å²) in [5.74, 6) is 1.98. The highest BCUT2D eigenvalue weighted by atomic mass is 32.2. The number of benzene rings is 3. The van der Waals surface area contributed by atoms with E-state index < -0.39 is 10.0 Å². The summed E-state index contributed by atoms with van der Waals surface area (Å²) in [6.07, 6.45) is 3.24. The summed E-state index contributed by atoms with van der Waals surface area (Å²) < 4.78 is 34.0. The Hall–Kier alpha value is -4.55. The molecule has 0 aliphatic rings. The number of nitrogens with two attached hydrogens (primary N) is 1. The Morgan fingerprint density at radius 1 is 0.946 bits per heavy atom. The molecule has 2 aromatic heterocycles. The van der Waals surface area contributed by atoms with Crippen molar-refractivity contribution in [1.82, 2.24) is 19.9 Å². The van der Waals surface area contributed by atoms with E-state index in [4.69, 9.17) is 19.6 Å². The summed E-state index contributed by atoms with van der Waals surface area (Å²) in [4.78, 5) is 17.8. The summed E-state index contributed by atoms with van der Waals surface area (Å²) in [5, 5.41) is 13.4. The Balaban J connectivity index is 0.00000336. The van der Waals surface area contributed by atoms with Crippen LogP contribution in [0, 0.1) is 0 Å². The van der Waals surface area contributed by atoms with Crippen molar-refractivity contribution in [3.8, 4) is 11.5 Å². The van der Waals surface area contributed by atoms with Gasteiger partial charge in [0.2, 0.25) is 16.0 Å². The largest absolute Gasteiger partial charge is 0.493 e. The zero-order chi connectivity index (χ0) is 26.0. The third kappa shape index (κ3) is 5.20. The number of aromatic nitrogens is 4. The van der Waals surface area contributed by atoms with Crippen LogP contribution in [0.15, 0.2) is 72.0 Å². The van der Waals surface area contributed by atoms with Crippen LogP contribution in [0.2, 0.25) is 0 Å². The lowest BCUT2D eigenvalue weighted by Crippen LogP contribution is -2.12. The van der Waals surface area contributed by atoms with E-state index in [1.54, 1.807) is 44.7 Å². The van der Waals surface area contributed by atoms with Crippen molar-refractivity contribution >= 4 is 49.3 Å². The second kappa shape index (κ2) is 9.84. The summed E-state index contributed by atoms with van der Waals surface area (Å²) in [6, 6.07) is 15.6. The van der Waals surface area contributed by atoms with Gasteiger partial charge in [0, 0.05) is 36.7 Å². The Labute approximate surface area is 214 Å². The minimum absolute atomic E-state index is 0. The fourth-order valence-electron chi connectivity index (χ4n) is 3.81. The van der Waals surface area contributed by atoms with Gasteiger partial charge in [0.05, 0.1) is 30.1 Å². The molecule has 12 heteroatoms.